The Hall–Kier alpha value is -3.16. The van der Waals surface area contributed by atoms with Gasteiger partial charge in [0.25, 0.3) is 0 Å². The maximum Gasteiger partial charge on any atom is 0.191 e. The summed E-state index contributed by atoms with van der Waals surface area (Å²) in [6, 6.07) is 6.05. The molecule has 3 aromatic rings. The molecule has 3 rings (SSSR count). The van der Waals surface area contributed by atoms with Crippen molar-refractivity contribution in [2.75, 3.05) is 6.54 Å². The average molecular weight is 410 g/mol. The first-order valence-corrected chi connectivity index (χ1v) is 10.5. The summed E-state index contributed by atoms with van der Waals surface area (Å²) in [4.78, 5) is 9.25. The number of nitrogens with zero attached hydrogens (tertiary/aromatic N) is 5. The topological polar surface area (TPSA) is 93.2 Å². The smallest absolute Gasteiger partial charge is 0.191 e. The van der Waals surface area contributed by atoms with Gasteiger partial charge in [0, 0.05) is 37.0 Å². The molecule has 0 saturated carbocycles. The summed E-state index contributed by atoms with van der Waals surface area (Å²) in [6.45, 7) is 12.2. The van der Waals surface area contributed by atoms with E-state index in [0.29, 0.717) is 13.1 Å². The van der Waals surface area contributed by atoms with Gasteiger partial charge in [-0.1, -0.05) is 25.1 Å². The monoisotopic (exact) mass is 409 g/mol. The van der Waals surface area contributed by atoms with Crippen molar-refractivity contribution in [3.05, 3.63) is 58.4 Å². The van der Waals surface area contributed by atoms with Crippen LogP contribution in [-0.2, 0) is 25.9 Å². The van der Waals surface area contributed by atoms with E-state index in [1.54, 1.807) is 0 Å². The molecule has 0 atom stereocenters. The molecule has 30 heavy (non-hydrogen) atoms. The normalized spacial score (nSPS) is 11.7. The van der Waals surface area contributed by atoms with Gasteiger partial charge in [0.1, 0.15) is 5.76 Å². The van der Waals surface area contributed by atoms with E-state index >= 15 is 0 Å². The Balaban J connectivity index is 1.67. The second-order valence-electron chi connectivity index (χ2n) is 7.15. The molecule has 0 fully saturated rings. The SMILES string of the molecule is CCNC(=NCc1ccc(-n2nc(C)cc2C)nc1)NCc1c(CC)noc1CC. The molecule has 0 amide bonds. The molecule has 0 unspecified atom stereocenters. The molecule has 3 aromatic heterocycles. The molecule has 0 aliphatic carbocycles. The summed E-state index contributed by atoms with van der Waals surface area (Å²) in [5, 5.41) is 15.3. The Morgan fingerprint density at radius 1 is 1.13 bits per heavy atom. The van der Waals surface area contributed by atoms with Gasteiger partial charge in [0.05, 0.1) is 17.9 Å². The third kappa shape index (κ3) is 5.06. The molecule has 0 spiro atoms. The highest BCUT2D eigenvalue weighted by Crippen LogP contribution is 2.15. The predicted molar refractivity (Wildman–Crippen MR) is 118 cm³/mol. The van der Waals surface area contributed by atoms with E-state index in [9.17, 15) is 0 Å². The van der Waals surface area contributed by atoms with Crippen LogP contribution in [0.2, 0.25) is 0 Å². The minimum Gasteiger partial charge on any atom is -0.361 e. The molecule has 2 N–H and O–H groups in total. The maximum absolute atomic E-state index is 5.45. The average Bonchev–Trinajstić information content (AvgIpc) is 3.31. The van der Waals surface area contributed by atoms with Crippen LogP contribution < -0.4 is 10.6 Å². The maximum atomic E-state index is 5.45. The van der Waals surface area contributed by atoms with Gasteiger partial charge < -0.3 is 15.2 Å². The lowest BCUT2D eigenvalue weighted by molar-refractivity contribution is 0.380. The molecule has 0 saturated heterocycles. The fourth-order valence-corrected chi connectivity index (χ4v) is 3.32. The fraction of sp³-hybridized carbons (Fsp3) is 0.455. The highest BCUT2D eigenvalue weighted by molar-refractivity contribution is 5.79. The number of nitrogens with one attached hydrogen (secondary N) is 2. The molecule has 3 heterocycles. The van der Waals surface area contributed by atoms with Crippen LogP contribution in [0.3, 0.4) is 0 Å². The molecular formula is C22H31N7O. The summed E-state index contributed by atoms with van der Waals surface area (Å²) in [5.41, 5.74) is 5.21. The van der Waals surface area contributed by atoms with E-state index in [2.05, 4.69) is 46.6 Å². The quantitative estimate of drug-likeness (QED) is 0.438. The zero-order valence-electron chi connectivity index (χ0n) is 18.5. The molecule has 0 bridgehead atoms. The van der Waals surface area contributed by atoms with E-state index in [-0.39, 0.29) is 0 Å². The number of aryl methyl sites for hydroxylation is 4. The lowest BCUT2D eigenvalue weighted by Gasteiger charge is -2.12. The molecule has 0 radical (unpaired) electrons. The van der Waals surface area contributed by atoms with Crippen LogP contribution in [0.25, 0.3) is 5.82 Å². The zero-order chi connectivity index (χ0) is 21.5. The second kappa shape index (κ2) is 10.0. The van der Waals surface area contributed by atoms with E-state index in [4.69, 9.17) is 9.52 Å². The lowest BCUT2D eigenvalue weighted by atomic mass is 10.1. The summed E-state index contributed by atoms with van der Waals surface area (Å²) in [7, 11) is 0. The number of aliphatic imine (C=N–C) groups is 1. The lowest BCUT2D eigenvalue weighted by Crippen LogP contribution is -2.37. The Kier molecular flexibility index (Phi) is 7.21. The molecule has 0 aromatic carbocycles. The Bertz CT molecular complexity index is 964. The largest absolute Gasteiger partial charge is 0.361 e. The summed E-state index contributed by atoms with van der Waals surface area (Å²) in [5.74, 6) is 2.49. The molecule has 8 heteroatoms. The number of pyridine rings is 1. The van der Waals surface area contributed by atoms with Crippen molar-refractivity contribution >= 4 is 5.96 Å². The van der Waals surface area contributed by atoms with Crippen LogP contribution in [0.5, 0.6) is 0 Å². The van der Waals surface area contributed by atoms with Crippen molar-refractivity contribution in [2.24, 2.45) is 4.99 Å². The third-order valence-electron chi connectivity index (χ3n) is 4.84. The second-order valence-corrected chi connectivity index (χ2v) is 7.15. The van der Waals surface area contributed by atoms with Crippen molar-refractivity contribution in [1.29, 1.82) is 0 Å². The van der Waals surface area contributed by atoms with Crippen LogP contribution in [0, 0.1) is 13.8 Å². The van der Waals surface area contributed by atoms with Crippen molar-refractivity contribution in [1.82, 2.24) is 30.6 Å². The number of aromatic nitrogens is 4. The Morgan fingerprint density at radius 2 is 1.97 bits per heavy atom. The van der Waals surface area contributed by atoms with Crippen molar-refractivity contribution < 1.29 is 4.52 Å². The standard InChI is InChI=1S/C22H31N7O/c1-6-19-18(20(7-2)30-28-19)14-26-22(23-8-3)25-13-17-9-10-21(24-12-17)29-16(5)11-15(4)27-29/h9-12H,6-8,13-14H2,1-5H3,(H2,23,25,26). The predicted octanol–water partition coefficient (Wildman–Crippen LogP) is 3.25. The number of hydrogen-bond donors (Lipinski definition) is 2. The summed E-state index contributed by atoms with van der Waals surface area (Å²) < 4.78 is 7.30. The fourth-order valence-electron chi connectivity index (χ4n) is 3.32. The Labute approximate surface area is 177 Å². The number of guanidine groups is 1. The van der Waals surface area contributed by atoms with Gasteiger partial charge in [0.2, 0.25) is 0 Å². The first kappa shape index (κ1) is 21.5. The van der Waals surface area contributed by atoms with Gasteiger partial charge in [-0.15, -0.1) is 0 Å². The van der Waals surface area contributed by atoms with Crippen LogP contribution in [0.4, 0.5) is 0 Å². The highest BCUT2D eigenvalue weighted by Gasteiger charge is 2.13. The van der Waals surface area contributed by atoms with Gasteiger partial charge in [-0.2, -0.15) is 5.10 Å². The Morgan fingerprint density at radius 3 is 2.57 bits per heavy atom. The van der Waals surface area contributed by atoms with E-state index in [1.165, 1.54) is 0 Å². The minimum absolute atomic E-state index is 0.532. The van der Waals surface area contributed by atoms with Gasteiger partial charge in [-0.05, 0) is 44.9 Å². The van der Waals surface area contributed by atoms with Gasteiger partial charge in [-0.25, -0.2) is 14.7 Å². The van der Waals surface area contributed by atoms with Crippen LogP contribution >= 0.6 is 0 Å². The van der Waals surface area contributed by atoms with Crippen LogP contribution in [-0.4, -0.2) is 32.4 Å². The number of rotatable bonds is 8. The first-order chi connectivity index (χ1) is 14.5. The highest BCUT2D eigenvalue weighted by atomic mass is 16.5. The summed E-state index contributed by atoms with van der Waals surface area (Å²) in [6.07, 6.45) is 3.52. The van der Waals surface area contributed by atoms with Gasteiger partial charge in [-0.3, -0.25) is 0 Å². The molecule has 8 nitrogen and oxygen atoms in total. The minimum atomic E-state index is 0.532. The third-order valence-corrected chi connectivity index (χ3v) is 4.84. The zero-order valence-corrected chi connectivity index (χ0v) is 18.5. The van der Waals surface area contributed by atoms with Crippen molar-refractivity contribution in [3.63, 3.8) is 0 Å². The van der Waals surface area contributed by atoms with Crippen LogP contribution in [0.1, 0.15) is 54.7 Å². The van der Waals surface area contributed by atoms with Crippen LogP contribution in [0.15, 0.2) is 33.9 Å². The van der Waals surface area contributed by atoms with Crippen molar-refractivity contribution in [3.8, 4) is 5.82 Å². The van der Waals surface area contributed by atoms with Crippen molar-refractivity contribution in [2.45, 2.75) is 60.5 Å². The number of hydrogen-bond acceptors (Lipinski definition) is 5. The van der Waals surface area contributed by atoms with E-state index in [0.717, 1.165) is 65.1 Å². The molecular weight excluding hydrogens is 378 g/mol. The summed E-state index contributed by atoms with van der Waals surface area (Å²) >= 11 is 0. The first-order valence-electron chi connectivity index (χ1n) is 10.5. The molecule has 0 aliphatic rings. The van der Waals surface area contributed by atoms with E-state index < -0.39 is 0 Å². The van der Waals surface area contributed by atoms with Gasteiger partial charge >= 0.3 is 0 Å². The van der Waals surface area contributed by atoms with E-state index in [1.807, 2.05) is 42.9 Å². The molecule has 0 aliphatic heterocycles. The van der Waals surface area contributed by atoms with Gasteiger partial charge in [0.15, 0.2) is 11.8 Å². The molecule has 160 valence electrons.